The second-order valence-corrected chi connectivity index (χ2v) is 16.4. The summed E-state index contributed by atoms with van der Waals surface area (Å²) in [4.78, 5) is 44.4. The second-order valence-electron chi connectivity index (χ2n) is 14.0. The Morgan fingerprint density at radius 1 is 0.961 bits per heavy atom. The van der Waals surface area contributed by atoms with Crippen LogP contribution in [-0.4, -0.2) is 92.8 Å². The summed E-state index contributed by atoms with van der Waals surface area (Å²) in [6, 6.07) is 8.28. The molecule has 0 radical (unpaired) electrons. The van der Waals surface area contributed by atoms with Gasteiger partial charge in [0.15, 0.2) is 0 Å². The molecule has 0 unspecified atom stereocenters. The van der Waals surface area contributed by atoms with Crippen LogP contribution < -0.4 is 31.9 Å². The van der Waals surface area contributed by atoms with Crippen molar-refractivity contribution in [3.8, 4) is 0 Å². The van der Waals surface area contributed by atoms with Gasteiger partial charge in [0.2, 0.25) is 27.7 Å². The van der Waals surface area contributed by atoms with Gasteiger partial charge in [-0.2, -0.15) is 4.31 Å². The standard InChI is InChI=1S/C34H45ClF2N8O5S/c35-29-15-23(34(36,37)22-3-1-21(2-4-22)33(48)41-26-6-5-25(18-26)40-31(46)19-38)16-30(42-29)43-11-13-44(14-12-43)51(49,50)28-9-7-27(8-10-28)45-20-24(39)17-32(45)47/h7-10,15-16,21-22,24-26H,1-6,11-14,17-20,38-39H2,(H,40,46)(H,41,48)/t21-,22-,24-,25+,26-/m1/s1. The largest absolute Gasteiger partial charge is 0.354 e. The highest BCUT2D eigenvalue weighted by Crippen LogP contribution is 2.46. The lowest BCUT2D eigenvalue weighted by Crippen LogP contribution is -2.49. The van der Waals surface area contributed by atoms with E-state index in [2.05, 4.69) is 15.6 Å². The lowest BCUT2D eigenvalue weighted by atomic mass is 9.77. The summed E-state index contributed by atoms with van der Waals surface area (Å²) in [5, 5.41) is 5.81. The number of carbonyl (C=O) groups is 3. The number of sulfonamides is 1. The third kappa shape index (κ3) is 8.30. The molecule has 2 saturated carbocycles. The highest BCUT2D eigenvalue weighted by molar-refractivity contribution is 7.89. The summed E-state index contributed by atoms with van der Waals surface area (Å²) in [6.07, 6.45) is 3.35. The Labute approximate surface area is 301 Å². The van der Waals surface area contributed by atoms with Gasteiger partial charge >= 0.3 is 0 Å². The van der Waals surface area contributed by atoms with Crippen molar-refractivity contribution in [1.29, 1.82) is 0 Å². The van der Waals surface area contributed by atoms with Crippen molar-refractivity contribution >= 4 is 50.9 Å². The zero-order valence-electron chi connectivity index (χ0n) is 28.3. The van der Waals surface area contributed by atoms with Crippen LogP contribution in [0.1, 0.15) is 56.9 Å². The van der Waals surface area contributed by atoms with Crippen LogP contribution in [0.3, 0.4) is 0 Å². The first kappa shape index (κ1) is 37.3. The van der Waals surface area contributed by atoms with Crippen LogP contribution in [0.4, 0.5) is 20.3 Å². The molecule has 2 aliphatic heterocycles. The molecule has 0 spiro atoms. The fraction of sp³-hybridized carbons (Fsp3) is 0.588. The number of carbonyl (C=O) groups excluding carboxylic acids is 3. The average Bonchev–Trinajstić information content (AvgIpc) is 3.71. The molecule has 3 amide bonds. The average molecular weight is 751 g/mol. The van der Waals surface area contributed by atoms with Gasteiger partial charge in [0.05, 0.1) is 11.4 Å². The van der Waals surface area contributed by atoms with Crippen molar-refractivity contribution in [2.75, 3.05) is 49.1 Å². The quantitative estimate of drug-likeness (QED) is 0.265. The number of hydrogen-bond acceptors (Lipinski definition) is 9. The van der Waals surface area contributed by atoms with E-state index in [4.69, 9.17) is 23.1 Å². The Morgan fingerprint density at radius 3 is 2.22 bits per heavy atom. The van der Waals surface area contributed by atoms with Crippen LogP contribution in [0.2, 0.25) is 5.15 Å². The van der Waals surface area contributed by atoms with Gasteiger partial charge in [-0.05, 0) is 81.3 Å². The van der Waals surface area contributed by atoms with Gasteiger partial charge in [-0.15, -0.1) is 0 Å². The van der Waals surface area contributed by atoms with Crippen molar-refractivity contribution in [3.05, 3.63) is 47.1 Å². The molecule has 2 aromatic rings. The lowest BCUT2D eigenvalue weighted by Gasteiger charge is -2.36. The van der Waals surface area contributed by atoms with Crippen LogP contribution in [-0.2, 0) is 30.3 Å². The summed E-state index contributed by atoms with van der Waals surface area (Å²) in [7, 11) is -3.85. The minimum absolute atomic E-state index is 0.0341. The number of piperazine rings is 1. The molecule has 6 N–H and O–H groups in total. The van der Waals surface area contributed by atoms with Crippen molar-refractivity contribution in [3.63, 3.8) is 0 Å². The van der Waals surface area contributed by atoms with E-state index in [9.17, 15) is 22.8 Å². The van der Waals surface area contributed by atoms with E-state index < -0.39 is 21.9 Å². The smallest absolute Gasteiger partial charge is 0.276 e. The molecule has 4 aliphatic rings. The normalized spacial score (nSPS) is 26.4. The maximum Gasteiger partial charge on any atom is 0.276 e. The fourth-order valence-corrected chi connectivity index (χ4v) is 9.36. The van der Waals surface area contributed by atoms with E-state index >= 15 is 8.78 Å². The molecule has 2 saturated heterocycles. The Kier molecular flexibility index (Phi) is 11.2. The number of alkyl halides is 2. The number of nitrogens with zero attached hydrogens (tertiary/aromatic N) is 4. The molecule has 278 valence electrons. The Morgan fingerprint density at radius 2 is 1.61 bits per heavy atom. The fourth-order valence-electron chi connectivity index (χ4n) is 7.73. The van der Waals surface area contributed by atoms with Crippen molar-refractivity contribution < 1.29 is 31.6 Å². The van der Waals surface area contributed by atoms with Gasteiger partial charge in [-0.1, -0.05) is 11.6 Å². The minimum atomic E-state index is -3.85. The van der Waals surface area contributed by atoms with Gasteiger partial charge < -0.3 is 31.9 Å². The number of rotatable bonds is 10. The zero-order valence-corrected chi connectivity index (χ0v) is 29.8. The zero-order chi connectivity index (χ0) is 36.5. The Balaban J connectivity index is 1.02. The Bertz CT molecular complexity index is 1720. The molecular formula is C34H45ClF2N8O5S. The molecule has 2 aliphatic carbocycles. The molecule has 0 bridgehead atoms. The van der Waals surface area contributed by atoms with Crippen LogP contribution in [0.15, 0.2) is 41.3 Å². The molecule has 17 heteroatoms. The van der Waals surface area contributed by atoms with Gasteiger partial charge in [0.25, 0.3) is 5.92 Å². The second kappa shape index (κ2) is 15.3. The van der Waals surface area contributed by atoms with Crippen LogP contribution >= 0.6 is 11.6 Å². The monoisotopic (exact) mass is 750 g/mol. The maximum atomic E-state index is 16.0. The maximum absolute atomic E-state index is 16.0. The van der Waals surface area contributed by atoms with Crippen molar-refractivity contribution in [2.24, 2.45) is 23.3 Å². The first-order valence-corrected chi connectivity index (χ1v) is 19.3. The summed E-state index contributed by atoms with van der Waals surface area (Å²) in [6.45, 7) is 0.948. The van der Waals surface area contributed by atoms with Crippen molar-refractivity contribution in [2.45, 2.75) is 80.3 Å². The number of benzene rings is 1. The first-order chi connectivity index (χ1) is 24.2. The van der Waals surface area contributed by atoms with Crippen LogP contribution in [0, 0.1) is 11.8 Å². The number of pyridine rings is 1. The number of halogens is 3. The first-order valence-electron chi connectivity index (χ1n) is 17.5. The number of amides is 3. The highest BCUT2D eigenvalue weighted by atomic mass is 35.5. The number of hydrogen-bond donors (Lipinski definition) is 4. The topological polar surface area (TPSA) is 184 Å². The molecule has 1 aromatic carbocycles. The molecule has 3 atom stereocenters. The summed E-state index contributed by atoms with van der Waals surface area (Å²) in [5.41, 5.74) is 11.6. The molecular weight excluding hydrogens is 706 g/mol. The van der Waals surface area contributed by atoms with Gasteiger partial charge in [-0.25, -0.2) is 22.2 Å². The lowest BCUT2D eigenvalue weighted by molar-refractivity contribution is -0.129. The number of anilines is 2. The SMILES string of the molecule is NCC(=O)N[C@H]1CC[C@@H](NC(=O)[C@H]2CC[C@H](C(F)(F)c3cc(Cl)nc(N4CCN(S(=O)(=O)c5ccc(N6C[C@H](N)CC6=O)cc5)CC4)c3)CC2)C1. The molecule has 4 fully saturated rings. The molecule has 51 heavy (non-hydrogen) atoms. The number of aromatic nitrogens is 1. The van der Waals surface area contributed by atoms with E-state index in [0.717, 1.165) is 12.8 Å². The predicted molar refractivity (Wildman–Crippen MR) is 188 cm³/mol. The number of nitrogens with one attached hydrogen (secondary N) is 2. The molecule has 1 aromatic heterocycles. The van der Waals surface area contributed by atoms with Crippen molar-refractivity contribution in [1.82, 2.24) is 19.9 Å². The van der Waals surface area contributed by atoms with E-state index in [1.807, 2.05) is 0 Å². The third-order valence-corrected chi connectivity index (χ3v) is 12.7. The summed E-state index contributed by atoms with van der Waals surface area (Å²) < 4.78 is 60.2. The molecule has 6 rings (SSSR count). The van der Waals surface area contributed by atoms with E-state index in [0.29, 0.717) is 31.5 Å². The summed E-state index contributed by atoms with van der Waals surface area (Å²) >= 11 is 6.27. The highest BCUT2D eigenvalue weighted by Gasteiger charge is 2.45. The van der Waals surface area contributed by atoms with Crippen LogP contribution in [0.25, 0.3) is 0 Å². The van der Waals surface area contributed by atoms with Crippen LogP contribution in [0.5, 0.6) is 0 Å². The van der Waals surface area contributed by atoms with Gasteiger partial charge in [0, 0.05) is 80.4 Å². The molecule has 3 heterocycles. The van der Waals surface area contributed by atoms with E-state index in [-0.39, 0.29) is 115 Å². The minimum Gasteiger partial charge on any atom is -0.354 e. The van der Waals surface area contributed by atoms with Gasteiger partial charge in [-0.3, -0.25) is 14.4 Å². The predicted octanol–water partition coefficient (Wildman–Crippen LogP) is 2.32. The number of nitrogens with two attached hydrogens (primary N) is 2. The van der Waals surface area contributed by atoms with E-state index in [1.54, 1.807) is 21.9 Å². The summed E-state index contributed by atoms with van der Waals surface area (Å²) in [5.74, 6) is -4.78. The Hall–Kier alpha value is -3.44. The molecule has 13 nitrogen and oxygen atoms in total. The van der Waals surface area contributed by atoms with E-state index in [1.165, 1.54) is 28.6 Å². The third-order valence-electron chi connectivity index (χ3n) is 10.6. The van der Waals surface area contributed by atoms with Gasteiger partial charge in [0.1, 0.15) is 11.0 Å².